The van der Waals surface area contributed by atoms with Crippen LogP contribution < -0.4 is 0 Å². The van der Waals surface area contributed by atoms with Crippen LogP contribution in [-0.2, 0) is 65.4 Å². The molecule has 0 radical (unpaired) electrons. The molecule has 0 spiro atoms. The van der Waals surface area contributed by atoms with Crippen LogP contribution in [-0.4, -0.2) is 96.7 Å². The molecule has 0 aromatic rings. The van der Waals surface area contributed by atoms with Gasteiger partial charge in [-0.15, -0.1) is 0 Å². The number of esters is 4. The highest BCUT2D eigenvalue weighted by Gasteiger charge is 2.30. The second-order valence-electron chi connectivity index (χ2n) is 25.9. The maximum atomic E-state index is 13.1. The maximum Gasteiger partial charge on any atom is 0.472 e. The number of phosphoric acid groups is 2. The molecule has 0 amide bonds. The first-order chi connectivity index (χ1) is 50.7. The lowest BCUT2D eigenvalue weighted by Gasteiger charge is -2.21. The van der Waals surface area contributed by atoms with Crippen molar-refractivity contribution < 1.29 is 80.2 Å². The molecule has 17 nitrogen and oxygen atoms in total. The van der Waals surface area contributed by atoms with Crippen LogP contribution in [0.5, 0.6) is 0 Å². The molecule has 3 N–H and O–H groups in total. The van der Waals surface area contributed by atoms with E-state index in [2.05, 4.69) is 174 Å². The highest BCUT2D eigenvalue weighted by Crippen LogP contribution is 2.45. The van der Waals surface area contributed by atoms with Gasteiger partial charge in [0.1, 0.15) is 19.3 Å². The van der Waals surface area contributed by atoms with E-state index in [-0.39, 0.29) is 25.7 Å². The molecule has 0 rings (SSSR count). The molecule has 0 aromatic heterocycles. The third-order valence-corrected chi connectivity index (χ3v) is 17.9. The summed E-state index contributed by atoms with van der Waals surface area (Å²) < 4.78 is 68.5. The third-order valence-electron chi connectivity index (χ3n) is 16.0. The Morgan fingerprint density at radius 3 is 0.817 bits per heavy atom. The van der Waals surface area contributed by atoms with E-state index in [9.17, 15) is 43.2 Å². The summed E-state index contributed by atoms with van der Waals surface area (Å²) in [6.07, 6.45) is 88.0. The molecule has 0 aliphatic heterocycles. The number of carbonyl (C=O) groups is 4. The fraction of sp³-hybridized carbons (Fsp3) is 0.647. The quantitative estimate of drug-likeness (QED) is 0.0169. The van der Waals surface area contributed by atoms with E-state index in [1.807, 2.05) is 12.2 Å². The Morgan fingerprint density at radius 2 is 0.510 bits per heavy atom. The molecule has 0 fully saturated rings. The molecule has 0 aromatic carbocycles. The van der Waals surface area contributed by atoms with Gasteiger partial charge in [-0.05, 0) is 161 Å². The van der Waals surface area contributed by atoms with E-state index in [0.717, 1.165) is 173 Å². The minimum atomic E-state index is -5.00. The zero-order valence-corrected chi connectivity index (χ0v) is 66.4. The predicted molar refractivity (Wildman–Crippen MR) is 427 cm³/mol. The van der Waals surface area contributed by atoms with E-state index in [1.54, 1.807) is 0 Å². The largest absolute Gasteiger partial charge is 0.472 e. The van der Waals surface area contributed by atoms with Gasteiger partial charge < -0.3 is 33.8 Å². The molecule has 0 saturated carbocycles. The van der Waals surface area contributed by atoms with Crippen LogP contribution in [0.1, 0.15) is 297 Å². The van der Waals surface area contributed by atoms with Crippen molar-refractivity contribution >= 4 is 39.5 Å². The Kier molecular flexibility index (Phi) is 72.0. The standard InChI is InChI=1S/C85H140O17P2/c1-5-9-13-17-21-25-29-33-37-39-43-45-49-53-57-61-65-69-82(87)95-75-80(101-84(89)71-67-63-59-55-51-47-41-35-31-27-23-19-15-11-7-3)77-99-103(91,92)97-73-79(86)74-98-104(93,94)100-78-81(102-85(90)72-68-64-60-56-52-48-42-36-32-28-24-20-16-12-8-4)76-96-83(88)70-66-62-58-54-50-46-44-40-38-34-30-26-22-18-14-10-6-2/h9-11,13-15,21-23,25-27,33-38,41-46,53,57,79-81,86H,5-8,12,16-20,24,28-32,39-40,47-52,54-56,58-78H2,1-4H3,(H,91,92)(H,93,94)/b13-9-,14-10-,15-11-,25-21-,26-22-,27-23-,37-33-,38-34-,41-35-,42-36-,45-43-,46-44-,57-53-. The molecule has 592 valence electrons. The molecular formula is C85H140O17P2. The first-order valence-electron chi connectivity index (χ1n) is 39.7. The van der Waals surface area contributed by atoms with Crippen LogP contribution in [0.15, 0.2) is 158 Å². The molecule has 0 aliphatic carbocycles. The van der Waals surface area contributed by atoms with E-state index in [1.165, 1.54) is 38.5 Å². The van der Waals surface area contributed by atoms with E-state index in [0.29, 0.717) is 32.1 Å². The van der Waals surface area contributed by atoms with Crippen molar-refractivity contribution in [1.29, 1.82) is 0 Å². The summed E-state index contributed by atoms with van der Waals surface area (Å²) in [6.45, 7) is 4.40. The smallest absolute Gasteiger partial charge is 0.462 e. The molecule has 104 heavy (non-hydrogen) atoms. The van der Waals surface area contributed by atoms with Crippen molar-refractivity contribution in [3.8, 4) is 0 Å². The summed E-state index contributed by atoms with van der Waals surface area (Å²) in [4.78, 5) is 73.0. The minimum Gasteiger partial charge on any atom is -0.462 e. The molecule has 0 bridgehead atoms. The summed E-state index contributed by atoms with van der Waals surface area (Å²) >= 11 is 0. The highest BCUT2D eigenvalue weighted by atomic mass is 31.2. The number of aliphatic hydroxyl groups is 1. The molecule has 5 atom stereocenters. The average Bonchev–Trinajstić information content (AvgIpc) is 0.937. The van der Waals surface area contributed by atoms with Gasteiger partial charge in [0.05, 0.1) is 26.4 Å². The second-order valence-corrected chi connectivity index (χ2v) is 28.8. The van der Waals surface area contributed by atoms with E-state index in [4.69, 9.17) is 37.0 Å². The minimum absolute atomic E-state index is 0.0575. The van der Waals surface area contributed by atoms with Crippen molar-refractivity contribution in [3.05, 3.63) is 158 Å². The number of phosphoric ester groups is 2. The molecule has 0 aliphatic rings. The SMILES string of the molecule is CC/C=C\C/C=C\C/C=C\C/C=C\C/C=C\CCCC(=O)OCC(COP(=O)(O)OCC(O)COP(=O)(O)OCC(COC(=O)CCCCCC/C=C\C/C=C\C/C=C\C/C=C\CC)OC(=O)CCCCCCC/C=C\CCCCCCCC)OC(=O)CCCCCCC/C=C\C/C=C\C/C=C\CC. The van der Waals surface area contributed by atoms with Gasteiger partial charge in [0, 0.05) is 25.7 Å². The predicted octanol–water partition coefficient (Wildman–Crippen LogP) is 23.2. The third kappa shape index (κ3) is 74.9. The van der Waals surface area contributed by atoms with Crippen molar-refractivity contribution in [2.24, 2.45) is 0 Å². The molecule has 0 heterocycles. The Morgan fingerprint density at radius 1 is 0.279 bits per heavy atom. The van der Waals surface area contributed by atoms with Gasteiger partial charge in [-0.3, -0.25) is 37.3 Å². The zero-order chi connectivity index (χ0) is 76.0. The molecule has 19 heteroatoms. The van der Waals surface area contributed by atoms with Crippen molar-refractivity contribution in [2.75, 3.05) is 39.6 Å². The molecular weight excluding hydrogens is 1350 g/mol. The first kappa shape index (κ1) is 98.7. The van der Waals surface area contributed by atoms with Gasteiger partial charge in [0.2, 0.25) is 0 Å². The number of hydrogen-bond donors (Lipinski definition) is 3. The van der Waals surface area contributed by atoms with Crippen molar-refractivity contribution in [3.63, 3.8) is 0 Å². The topological polar surface area (TPSA) is 237 Å². The normalized spacial score (nSPS) is 14.7. The van der Waals surface area contributed by atoms with E-state index >= 15 is 0 Å². The van der Waals surface area contributed by atoms with Gasteiger partial charge in [0.15, 0.2) is 12.2 Å². The van der Waals surface area contributed by atoms with Gasteiger partial charge in [0.25, 0.3) is 0 Å². The van der Waals surface area contributed by atoms with Crippen LogP contribution in [0.4, 0.5) is 0 Å². The Balaban J connectivity index is 5.46. The Labute approximate surface area is 629 Å². The number of ether oxygens (including phenoxy) is 4. The summed E-state index contributed by atoms with van der Waals surface area (Å²) in [5.74, 6) is -2.30. The van der Waals surface area contributed by atoms with Crippen LogP contribution in [0.3, 0.4) is 0 Å². The zero-order valence-electron chi connectivity index (χ0n) is 64.6. The van der Waals surface area contributed by atoms with Gasteiger partial charge >= 0.3 is 39.5 Å². The fourth-order valence-electron chi connectivity index (χ4n) is 10.0. The number of carbonyl (C=O) groups excluding carboxylic acids is 4. The molecule has 5 unspecified atom stereocenters. The van der Waals surface area contributed by atoms with Gasteiger partial charge in [-0.2, -0.15) is 0 Å². The van der Waals surface area contributed by atoms with Gasteiger partial charge in [-0.1, -0.05) is 269 Å². The van der Waals surface area contributed by atoms with Crippen molar-refractivity contribution in [1.82, 2.24) is 0 Å². The monoisotopic (exact) mass is 1490 g/mol. The summed E-state index contributed by atoms with van der Waals surface area (Å²) in [7, 11) is -10.00. The van der Waals surface area contributed by atoms with Crippen LogP contribution in [0.2, 0.25) is 0 Å². The van der Waals surface area contributed by atoms with Crippen LogP contribution in [0, 0.1) is 0 Å². The lowest BCUT2D eigenvalue weighted by molar-refractivity contribution is -0.161. The number of unbranched alkanes of at least 4 members (excludes halogenated alkanes) is 21. The lowest BCUT2D eigenvalue weighted by atomic mass is 10.1. The van der Waals surface area contributed by atoms with Gasteiger partial charge in [-0.25, -0.2) is 9.13 Å². The summed E-state index contributed by atoms with van der Waals surface area (Å²) in [5, 5.41) is 10.6. The molecule has 0 saturated heterocycles. The van der Waals surface area contributed by atoms with E-state index < -0.39 is 97.5 Å². The lowest BCUT2D eigenvalue weighted by Crippen LogP contribution is -2.30. The maximum absolute atomic E-state index is 13.1. The first-order valence-corrected chi connectivity index (χ1v) is 42.7. The number of aliphatic hydroxyl groups excluding tert-OH is 1. The fourth-order valence-corrected chi connectivity index (χ4v) is 11.6. The van der Waals surface area contributed by atoms with Crippen LogP contribution >= 0.6 is 15.6 Å². The summed E-state index contributed by atoms with van der Waals surface area (Å²) in [6, 6.07) is 0. The summed E-state index contributed by atoms with van der Waals surface area (Å²) in [5.41, 5.74) is 0. The number of rotatable bonds is 73. The average molecular weight is 1500 g/mol. The van der Waals surface area contributed by atoms with Crippen molar-refractivity contribution in [2.45, 2.75) is 316 Å². The second kappa shape index (κ2) is 75.9. The Bertz CT molecular complexity index is 2590. The van der Waals surface area contributed by atoms with Crippen LogP contribution in [0.25, 0.3) is 0 Å². The highest BCUT2D eigenvalue weighted by molar-refractivity contribution is 7.47. The number of hydrogen-bond acceptors (Lipinski definition) is 15. The Hall–Kier alpha value is -5.32. The number of allylic oxidation sites excluding steroid dienone is 26.